The molecule has 0 fully saturated rings. The Balaban J connectivity index is 2.10. The lowest BCUT2D eigenvalue weighted by atomic mass is 9.98. The molecule has 0 saturated heterocycles. The standard InChI is InChI=1S/C14H19Cl3O3Si/c1-4-10(2)14(3)19-8-11-7-12(5-6-13(11)20-14)18-9-21(15,16)17/h5-7,10H,4,8-9H2,1-3H3. The van der Waals surface area contributed by atoms with Crippen molar-refractivity contribution in [3.63, 3.8) is 0 Å². The average molecular weight is 370 g/mol. The van der Waals surface area contributed by atoms with E-state index in [1.54, 1.807) is 0 Å². The number of hydrogen-bond acceptors (Lipinski definition) is 3. The number of rotatable bonds is 5. The Labute approximate surface area is 140 Å². The van der Waals surface area contributed by atoms with Gasteiger partial charge >= 0.3 is 6.00 Å². The molecule has 2 rings (SSSR count). The highest BCUT2D eigenvalue weighted by Crippen LogP contribution is 2.38. The van der Waals surface area contributed by atoms with Crippen LogP contribution in [0.4, 0.5) is 0 Å². The van der Waals surface area contributed by atoms with Crippen molar-refractivity contribution < 1.29 is 14.2 Å². The van der Waals surface area contributed by atoms with Gasteiger partial charge in [-0.3, -0.25) is 0 Å². The highest BCUT2D eigenvalue weighted by Gasteiger charge is 2.37. The molecule has 0 aromatic heterocycles. The summed E-state index contributed by atoms with van der Waals surface area (Å²) in [6, 6.07) is 2.79. The average Bonchev–Trinajstić information content (AvgIpc) is 2.43. The molecule has 0 spiro atoms. The van der Waals surface area contributed by atoms with Crippen LogP contribution in [0.15, 0.2) is 18.2 Å². The van der Waals surface area contributed by atoms with Gasteiger partial charge in [0.25, 0.3) is 0 Å². The van der Waals surface area contributed by atoms with E-state index in [1.807, 2.05) is 25.1 Å². The molecule has 0 bridgehead atoms. The topological polar surface area (TPSA) is 27.7 Å². The highest BCUT2D eigenvalue weighted by atomic mass is 35.8. The maximum Gasteiger partial charge on any atom is 0.377 e. The maximum absolute atomic E-state index is 6.03. The monoisotopic (exact) mass is 368 g/mol. The van der Waals surface area contributed by atoms with Gasteiger partial charge in [0.15, 0.2) is 0 Å². The van der Waals surface area contributed by atoms with E-state index in [9.17, 15) is 0 Å². The third kappa shape index (κ3) is 4.42. The summed E-state index contributed by atoms with van der Waals surface area (Å²) in [6.45, 7) is 6.70. The first kappa shape index (κ1) is 17.2. The Morgan fingerprint density at radius 1 is 1.38 bits per heavy atom. The molecular weight excluding hydrogens is 351 g/mol. The first-order chi connectivity index (χ1) is 9.73. The van der Waals surface area contributed by atoms with Crippen LogP contribution in [0.2, 0.25) is 0 Å². The van der Waals surface area contributed by atoms with E-state index in [0.29, 0.717) is 18.3 Å². The summed E-state index contributed by atoms with van der Waals surface area (Å²) in [5.41, 5.74) is 0.944. The molecule has 0 saturated carbocycles. The first-order valence-corrected chi connectivity index (χ1v) is 12.1. The minimum Gasteiger partial charge on any atom is -0.493 e. The van der Waals surface area contributed by atoms with Gasteiger partial charge in [0, 0.05) is 18.4 Å². The second-order valence-electron chi connectivity index (χ2n) is 5.39. The fourth-order valence-electron chi connectivity index (χ4n) is 2.11. The van der Waals surface area contributed by atoms with Crippen molar-refractivity contribution in [2.24, 2.45) is 5.92 Å². The van der Waals surface area contributed by atoms with E-state index in [-0.39, 0.29) is 6.23 Å². The molecule has 3 nitrogen and oxygen atoms in total. The summed E-state index contributed by atoms with van der Waals surface area (Å²) in [5, 5.41) is 0. The highest BCUT2D eigenvalue weighted by molar-refractivity contribution is 7.64. The van der Waals surface area contributed by atoms with Gasteiger partial charge in [-0.05, 0) is 24.6 Å². The Bertz CT molecular complexity index is 507. The molecule has 1 aromatic carbocycles. The molecule has 1 aliphatic heterocycles. The van der Waals surface area contributed by atoms with Crippen LogP contribution in [-0.2, 0) is 11.3 Å². The Morgan fingerprint density at radius 2 is 2.10 bits per heavy atom. The Kier molecular flexibility index (Phi) is 5.37. The third-order valence-corrected chi connectivity index (χ3v) is 5.22. The second-order valence-corrected chi connectivity index (χ2v) is 14.5. The molecule has 1 heterocycles. The third-order valence-electron chi connectivity index (χ3n) is 3.77. The molecule has 1 aromatic rings. The normalized spacial score (nSPS) is 23.1. The van der Waals surface area contributed by atoms with Gasteiger partial charge in [-0.2, -0.15) is 0 Å². The molecule has 0 amide bonds. The predicted octanol–water partition coefficient (Wildman–Crippen LogP) is 4.93. The van der Waals surface area contributed by atoms with Gasteiger partial charge in [-0.25, -0.2) is 0 Å². The number of fused-ring (bicyclic) bond motifs is 1. The fourth-order valence-corrected chi connectivity index (χ4v) is 2.93. The van der Waals surface area contributed by atoms with Crippen LogP contribution in [0.5, 0.6) is 11.5 Å². The molecule has 2 atom stereocenters. The Hall–Kier alpha value is -0.133. The van der Waals surface area contributed by atoms with Crippen LogP contribution in [0.25, 0.3) is 0 Å². The summed E-state index contributed by atoms with van der Waals surface area (Å²) in [6.07, 6.45) is 1.11. The minimum absolute atomic E-state index is 0.128. The van der Waals surface area contributed by atoms with Gasteiger partial charge in [0.1, 0.15) is 17.7 Å². The zero-order chi connectivity index (χ0) is 15.7. The van der Waals surface area contributed by atoms with Crippen molar-refractivity contribution >= 4 is 39.2 Å². The van der Waals surface area contributed by atoms with Gasteiger partial charge < -0.3 is 14.2 Å². The van der Waals surface area contributed by atoms with E-state index < -0.39 is 11.8 Å². The maximum atomic E-state index is 6.03. The van der Waals surface area contributed by atoms with E-state index in [4.69, 9.17) is 47.4 Å². The SMILES string of the molecule is CCC(C)C1(C)OCc2cc(OC[Si](Cl)(Cl)Cl)ccc2O1. The van der Waals surface area contributed by atoms with Crippen LogP contribution < -0.4 is 9.47 Å². The number of ether oxygens (including phenoxy) is 3. The molecule has 0 aliphatic carbocycles. The van der Waals surface area contributed by atoms with E-state index in [0.717, 1.165) is 17.7 Å². The molecule has 0 radical (unpaired) electrons. The van der Waals surface area contributed by atoms with Crippen LogP contribution in [-0.4, -0.2) is 18.0 Å². The Morgan fingerprint density at radius 3 is 2.71 bits per heavy atom. The largest absolute Gasteiger partial charge is 0.493 e. The van der Waals surface area contributed by atoms with Crippen LogP contribution in [0, 0.1) is 5.92 Å². The number of hydrogen-bond donors (Lipinski definition) is 0. The molecule has 0 N–H and O–H groups in total. The summed E-state index contributed by atoms with van der Waals surface area (Å²) in [4.78, 5) is 0. The summed E-state index contributed by atoms with van der Waals surface area (Å²) < 4.78 is 17.4. The summed E-state index contributed by atoms with van der Waals surface area (Å²) in [7, 11) is 0. The molecule has 2 unspecified atom stereocenters. The first-order valence-electron chi connectivity index (χ1n) is 6.89. The van der Waals surface area contributed by atoms with Crippen molar-refractivity contribution in [2.75, 3.05) is 6.23 Å². The van der Waals surface area contributed by atoms with Gasteiger partial charge in [0.2, 0.25) is 5.79 Å². The lowest BCUT2D eigenvalue weighted by Gasteiger charge is -2.39. The zero-order valence-corrected chi connectivity index (χ0v) is 15.6. The van der Waals surface area contributed by atoms with Crippen molar-refractivity contribution in [2.45, 2.75) is 39.6 Å². The second kappa shape index (κ2) is 6.55. The summed E-state index contributed by atoms with van der Waals surface area (Å²) in [5.74, 6) is 1.20. The molecule has 7 heteroatoms. The predicted molar refractivity (Wildman–Crippen MR) is 88.5 cm³/mol. The van der Waals surface area contributed by atoms with E-state index >= 15 is 0 Å². The van der Waals surface area contributed by atoms with Crippen LogP contribution >= 0.6 is 33.2 Å². The minimum atomic E-state index is -2.79. The van der Waals surface area contributed by atoms with Crippen molar-refractivity contribution in [3.8, 4) is 11.5 Å². The van der Waals surface area contributed by atoms with Gasteiger partial charge in [-0.1, -0.05) is 13.8 Å². The van der Waals surface area contributed by atoms with E-state index in [1.165, 1.54) is 0 Å². The number of halogens is 3. The van der Waals surface area contributed by atoms with Gasteiger partial charge in [0.05, 0.1) is 6.61 Å². The molecule has 21 heavy (non-hydrogen) atoms. The molecule has 1 aliphatic rings. The smallest absolute Gasteiger partial charge is 0.377 e. The molecule has 118 valence electrons. The lowest BCUT2D eigenvalue weighted by Crippen LogP contribution is -2.44. The van der Waals surface area contributed by atoms with Gasteiger partial charge in [-0.15, -0.1) is 33.2 Å². The van der Waals surface area contributed by atoms with E-state index in [2.05, 4.69) is 13.8 Å². The van der Waals surface area contributed by atoms with Crippen molar-refractivity contribution in [3.05, 3.63) is 23.8 Å². The van der Waals surface area contributed by atoms with Crippen LogP contribution in [0.1, 0.15) is 32.8 Å². The number of benzene rings is 1. The summed E-state index contributed by atoms with van der Waals surface area (Å²) >= 11 is 17.4. The van der Waals surface area contributed by atoms with Crippen molar-refractivity contribution in [1.29, 1.82) is 0 Å². The van der Waals surface area contributed by atoms with Crippen molar-refractivity contribution in [1.82, 2.24) is 0 Å². The lowest BCUT2D eigenvalue weighted by molar-refractivity contribution is -0.223. The van der Waals surface area contributed by atoms with Crippen LogP contribution in [0.3, 0.4) is 0 Å². The molecular formula is C14H19Cl3O3Si. The quantitative estimate of drug-likeness (QED) is 0.544. The fraction of sp³-hybridized carbons (Fsp3) is 0.571. The zero-order valence-electron chi connectivity index (χ0n) is 12.3.